The van der Waals surface area contributed by atoms with Gasteiger partial charge in [-0.15, -0.1) is 0 Å². The molecule has 0 amide bonds. The zero-order valence-corrected chi connectivity index (χ0v) is 16.0. The van der Waals surface area contributed by atoms with E-state index in [9.17, 15) is 4.79 Å². The molecular formula is C23H22N2O3. The molecule has 0 N–H and O–H groups in total. The van der Waals surface area contributed by atoms with Crippen LogP contribution >= 0.6 is 0 Å². The molecule has 0 fully saturated rings. The second-order valence-electron chi connectivity index (χ2n) is 7.07. The number of hydrogen-bond donors (Lipinski definition) is 0. The summed E-state index contributed by atoms with van der Waals surface area (Å²) in [4.78, 5) is 19.5. The van der Waals surface area contributed by atoms with Crippen LogP contribution in [0.2, 0.25) is 0 Å². The highest BCUT2D eigenvalue weighted by Crippen LogP contribution is 2.17. The summed E-state index contributed by atoms with van der Waals surface area (Å²) in [6.45, 7) is 5.52. The van der Waals surface area contributed by atoms with Crippen LogP contribution in [-0.2, 0) is 19.6 Å². The zero-order chi connectivity index (χ0) is 19.5. The van der Waals surface area contributed by atoms with Crippen LogP contribution in [0.4, 0.5) is 0 Å². The van der Waals surface area contributed by atoms with Crippen molar-refractivity contribution in [2.24, 2.45) is 0 Å². The second-order valence-corrected chi connectivity index (χ2v) is 7.07. The maximum Gasteiger partial charge on any atom is 0.197 e. The van der Waals surface area contributed by atoms with Gasteiger partial charge in [-0.25, -0.2) is 0 Å². The van der Waals surface area contributed by atoms with Gasteiger partial charge in [-0.2, -0.15) is 0 Å². The molecule has 142 valence electrons. The quantitative estimate of drug-likeness (QED) is 0.494. The third-order valence-electron chi connectivity index (χ3n) is 4.68. The van der Waals surface area contributed by atoms with Crippen molar-refractivity contribution in [2.75, 3.05) is 0 Å². The van der Waals surface area contributed by atoms with Crippen molar-refractivity contribution >= 4 is 11.0 Å². The van der Waals surface area contributed by atoms with E-state index < -0.39 is 0 Å². The minimum atomic E-state index is 0.00611. The fourth-order valence-electron chi connectivity index (χ4n) is 3.31. The molecule has 28 heavy (non-hydrogen) atoms. The molecule has 0 aliphatic carbocycles. The van der Waals surface area contributed by atoms with Gasteiger partial charge in [0.1, 0.15) is 17.1 Å². The van der Waals surface area contributed by atoms with Crippen LogP contribution < -0.4 is 5.43 Å². The Morgan fingerprint density at radius 3 is 2.64 bits per heavy atom. The predicted octanol–water partition coefficient (Wildman–Crippen LogP) is 4.60. The molecule has 0 radical (unpaired) electrons. The van der Waals surface area contributed by atoms with E-state index in [-0.39, 0.29) is 5.43 Å². The van der Waals surface area contributed by atoms with E-state index in [0.29, 0.717) is 36.2 Å². The summed E-state index contributed by atoms with van der Waals surface area (Å²) >= 11 is 0. The van der Waals surface area contributed by atoms with Crippen LogP contribution in [-0.4, -0.2) is 9.88 Å². The van der Waals surface area contributed by atoms with Crippen LogP contribution in [0.3, 0.4) is 0 Å². The lowest BCUT2D eigenvalue weighted by Crippen LogP contribution is -2.26. The first kappa shape index (κ1) is 18.2. The number of benzene rings is 1. The van der Waals surface area contributed by atoms with Crippen LogP contribution in [0.1, 0.15) is 28.3 Å². The lowest BCUT2D eigenvalue weighted by atomic mass is 10.1. The van der Waals surface area contributed by atoms with Gasteiger partial charge < -0.3 is 8.83 Å². The van der Waals surface area contributed by atoms with Crippen molar-refractivity contribution in [1.82, 2.24) is 9.88 Å². The van der Waals surface area contributed by atoms with E-state index in [0.717, 1.165) is 22.8 Å². The van der Waals surface area contributed by atoms with Crippen LogP contribution in [0.5, 0.6) is 0 Å². The van der Waals surface area contributed by atoms with Gasteiger partial charge in [0.05, 0.1) is 23.9 Å². The molecule has 0 saturated carbocycles. The predicted molar refractivity (Wildman–Crippen MR) is 108 cm³/mol. The highest BCUT2D eigenvalue weighted by atomic mass is 16.3. The number of pyridine rings is 1. The summed E-state index contributed by atoms with van der Waals surface area (Å²) in [5, 5.41) is 0.615. The Morgan fingerprint density at radius 1 is 1.00 bits per heavy atom. The Labute approximate surface area is 163 Å². The zero-order valence-electron chi connectivity index (χ0n) is 16.0. The molecule has 3 aromatic heterocycles. The van der Waals surface area contributed by atoms with Crippen molar-refractivity contribution in [3.8, 4) is 0 Å². The highest BCUT2D eigenvalue weighted by molar-refractivity contribution is 5.77. The number of nitrogens with zero attached hydrogens (tertiary/aromatic N) is 2. The van der Waals surface area contributed by atoms with Crippen molar-refractivity contribution < 1.29 is 8.83 Å². The maximum absolute atomic E-state index is 13.0. The topological polar surface area (TPSA) is 59.5 Å². The molecule has 0 spiro atoms. The van der Waals surface area contributed by atoms with Crippen LogP contribution in [0.25, 0.3) is 11.0 Å². The molecule has 4 rings (SSSR count). The first-order chi connectivity index (χ1) is 13.6. The van der Waals surface area contributed by atoms with Gasteiger partial charge >= 0.3 is 0 Å². The smallest absolute Gasteiger partial charge is 0.197 e. The molecule has 4 aromatic rings. The number of hydrogen-bond acceptors (Lipinski definition) is 5. The van der Waals surface area contributed by atoms with E-state index in [4.69, 9.17) is 8.83 Å². The lowest BCUT2D eigenvalue weighted by Gasteiger charge is -2.20. The Hall–Kier alpha value is -3.18. The summed E-state index contributed by atoms with van der Waals surface area (Å²) < 4.78 is 11.5. The van der Waals surface area contributed by atoms with Crippen LogP contribution in [0.15, 0.2) is 74.6 Å². The monoisotopic (exact) mass is 374 g/mol. The van der Waals surface area contributed by atoms with E-state index in [1.54, 1.807) is 12.5 Å². The van der Waals surface area contributed by atoms with Crippen molar-refractivity contribution in [1.29, 1.82) is 0 Å². The molecule has 0 aliphatic rings. The Bertz CT molecular complexity index is 1150. The van der Waals surface area contributed by atoms with E-state index in [1.165, 1.54) is 0 Å². The molecular weight excluding hydrogens is 352 g/mol. The number of aromatic nitrogens is 1. The van der Waals surface area contributed by atoms with Gasteiger partial charge in [0, 0.05) is 24.8 Å². The van der Waals surface area contributed by atoms with Crippen molar-refractivity contribution in [3.63, 3.8) is 0 Å². The molecule has 3 heterocycles. The largest absolute Gasteiger partial charge is 0.465 e. The summed E-state index contributed by atoms with van der Waals surface area (Å²) in [6, 6.07) is 15.4. The normalized spacial score (nSPS) is 11.4. The average Bonchev–Trinajstić information content (AvgIpc) is 3.10. The fourth-order valence-corrected chi connectivity index (χ4v) is 3.31. The summed E-state index contributed by atoms with van der Waals surface area (Å²) in [7, 11) is 0. The van der Waals surface area contributed by atoms with Crippen LogP contribution in [0, 0.1) is 13.8 Å². The highest BCUT2D eigenvalue weighted by Gasteiger charge is 2.15. The first-order valence-corrected chi connectivity index (χ1v) is 9.27. The average molecular weight is 374 g/mol. The van der Waals surface area contributed by atoms with E-state index >= 15 is 0 Å². The van der Waals surface area contributed by atoms with Gasteiger partial charge in [-0.05, 0) is 50.2 Å². The minimum Gasteiger partial charge on any atom is -0.465 e. The number of rotatable bonds is 6. The molecule has 0 aliphatic heterocycles. The molecule has 5 nitrogen and oxygen atoms in total. The lowest BCUT2D eigenvalue weighted by molar-refractivity contribution is 0.221. The third kappa shape index (κ3) is 4.05. The standard InChI is InChI=1S/C23H22N2O3/c1-16-6-9-22-21(11-16)23(26)18(15-27-22)12-25(13-19-5-3-4-10-24-19)14-20-8-7-17(2)28-20/h3-11,15H,12-14H2,1-2H3. The van der Waals surface area contributed by atoms with E-state index in [1.807, 2.05) is 62.4 Å². The molecule has 0 bridgehead atoms. The summed E-state index contributed by atoms with van der Waals surface area (Å²) in [5.41, 5.74) is 3.21. The third-order valence-corrected chi connectivity index (χ3v) is 4.68. The SMILES string of the molecule is Cc1ccc2occ(CN(Cc3ccccn3)Cc3ccc(C)o3)c(=O)c2c1. The number of aryl methyl sites for hydroxylation is 2. The molecule has 1 aromatic carbocycles. The minimum absolute atomic E-state index is 0.00611. The fraction of sp³-hybridized carbons (Fsp3) is 0.217. The molecule has 5 heteroatoms. The van der Waals surface area contributed by atoms with Gasteiger partial charge in [0.2, 0.25) is 0 Å². The molecule has 0 atom stereocenters. The van der Waals surface area contributed by atoms with Crippen molar-refractivity contribution in [3.05, 3.63) is 99.6 Å². The first-order valence-electron chi connectivity index (χ1n) is 9.27. The van der Waals surface area contributed by atoms with Gasteiger partial charge in [-0.1, -0.05) is 17.7 Å². The molecule has 0 unspecified atom stereocenters. The maximum atomic E-state index is 13.0. The van der Waals surface area contributed by atoms with Gasteiger partial charge in [0.15, 0.2) is 5.43 Å². The Balaban J connectivity index is 1.65. The van der Waals surface area contributed by atoms with Crippen molar-refractivity contribution in [2.45, 2.75) is 33.5 Å². The number of fused-ring (bicyclic) bond motifs is 1. The summed E-state index contributed by atoms with van der Waals surface area (Å²) in [6.07, 6.45) is 3.34. The number of furan rings is 1. The summed E-state index contributed by atoms with van der Waals surface area (Å²) in [5.74, 6) is 1.72. The van der Waals surface area contributed by atoms with Gasteiger partial charge in [0.25, 0.3) is 0 Å². The second kappa shape index (κ2) is 7.82. The van der Waals surface area contributed by atoms with E-state index in [2.05, 4.69) is 9.88 Å². The van der Waals surface area contributed by atoms with Gasteiger partial charge in [-0.3, -0.25) is 14.7 Å². The molecule has 0 saturated heterocycles. The Kier molecular flexibility index (Phi) is 5.08. The Morgan fingerprint density at radius 2 is 1.89 bits per heavy atom.